The van der Waals surface area contributed by atoms with Crippen molar-refractivity contribution in [3.05, 3.63) is 84.1 Å². The van der Waals surface area contributed by atoms with E-state index in [0.717, 1.165) is 11.4 Å². The van der Waals surface area contributed by atoms with Crippen LogP contribution in [0.2, 0.25) is 0 Å². The zero-order chi connectivity index (χ0) is 17.8. The van der Waals surface area contributed by atoms with Gasteiger partial charge < -0.3 is 4.74 Å². The van der Waals surface area contributed by atoms with Crippen LogP contribution in [-0.4, -0.2) is 12.1 Å². The molecule has 0 N–H and O–H groups in total. The molecule has 0 spiro atoms. The molecule has 4 rings (SSSR count). The first-order valence-electron chi connectivity index (χ1n) is 9.49. The van der Waals surface area contributed by atoms with Crippen molar-refractivity contribution >= 4 is 0 Å². The molecule has 1 saturated carbocycles. The Labute approximate surface area is 155 Å². The third-order valence-corrected chi connectivity index (χ3v) is 5.63. The summed E-state index contributed by atoms with van der Waals surface area (Å²) < 4.78 is 5.68. The summed E-state index contributed by atoms with van der Waals surface area (Å²) in [4.78, 5) is 4.50. The molecule has 132 valence electrons. The smallest absolute Gasteiger partial charge is 0.122 e. The van der Waals surface area contributed by atoms with Crippen LogP contribution in [0.25, 0.3) is 11.3 Å². The fraction of sp³-hybridized carbons (Fsp3) is 0.292. The molecule has 1 fully saturated rings. The Morgan fingerprint density at radius 3 is 2.23 bits per heavy atom. The molecule has 1 heterocycles. The molecule has 2 heteroatoms. The minimum absolute atomic E-state index is 0.563. The molecule has 0 radical (unpaired) electrons. The van der Waals surface area contributed by atoms with Crippen molar-refractivity contribution in [2.45, 2.75) is 37.5 Å². The second kappa shape index (κ2) is 7.74. The van der Waals surface area contributed by atoms with Crippen LogP contribution < -0.4 is 4.74 Å². The molecule has 1 aromatic heterocycles. The van der Waals surface area contributed by atoms with Gasteiger partial charge in [-0.15, -0.1) is 0 Å². The molecule has 2 nitrogen and oxygen atoms in total. The van der Waals surface area contributed by atoms with E-state index in [1.165, 1.54) is 42.4 Å². The van der Waals surface area contributed by atoms with Crippen LogP contribution in [0.15, 0.2) is 72.9 Å². The third kappa shape index (κ3) is 3.50. The number of hydrogen-bond donors (Lipinski definition) is 0. The molecule has 3 aromatic rings. The zero-order valence-electron chi connectivity index (χ0n) is 15.3. The Balaban J connectivity index is 1.56. The number of ether oxygens (including phenoxy) is 1. The Morgan fingerprint density at radius 2 is 1.54 bits per heavy atom. The lowest BCUT2D eigenvalue weighted by Crippen LogP contribution is -2.13. The number of nitrogens with zero attached hydrogens (tertiary/aromatic N) is 1. The van der Waals surface area contributed by atoms with Crippen LogP contribution in [0.3, 0.4) is 0 Å². The summed E-state index contributed by atoms with van der Waals surface area (Å²) in [5.74, 6) is 2.26. The molecule has 26 heavy (non-hydrogen) atoms. The van der Waals surface area contributed by atoms with Gasteiger partial charge in [-0.3, -0.25) is 4.98 Å². The van der Waals surface area contributed by atoms with Crippen molar-refractivity contribution in [2.24, 2.45) is 0 Å². The van der Waals surface area contributed by atoms with Crippen LogP contribution in [0.4, 0.5) is 0 Å². The summed E-state index contributed by atoms with van der Waals surface area (Å²) in [6.45, 7) is 0. The number of aromatic nitrogens is 1. The van der Waals surface area contributed by atoms with Crippen molar-refractivity contribution in [1.29, 1.82) is 0 Å². The van der Waals surface area contributed by atoms with Crippen LogP contribution in [-0.2, 0) is 0 Å². The highest BCUT2D eigenvalue weighted by molar-refractivity contribution is 5.62. The minimum Gasteiger partial charge on any atom is -0.496 e. The van der Waals surface area contributed by atoms with Gasteiger partial charge in [-0.2, -0.15) is 0 Å². The molecule has 0 bridgehead atoms. The highest BCUT2D eigenvalue weighted by Crippen LogP contribution is 2.43. The SMILES string of the molecule is COc1ccc(-c2ccccn2)cc1C1CCC(c2ccccc2)CC1. The van der Waals surface area contributed by atoms with Crippen LogP contribution in [0, 0.1) is 0 Å². The Kier molecular flexibility index (Phi) is 5.01. The predicted octanol–water partition coefficient (Wildman–Crippen LogP) is 6.20. The molecular weight excluding hydrogens is 318 g/mol. The van der Waals surface area contributed by atoms with E-state index in [1.807, 2.05) is 18.3 Å². The average Bonchev–Trinajstić information content (AvgIpc) is 2.75. The molecule has 0 unspecified atom stereocenters. The minimum atomic E-state index is 0.563. The van der Waals surface area contributed by atoms with Crippen LogP contribution >= 0.6 is 0 Å². The van der Waals surface area contributed by atoms with Gasteiger partial charge in [0.05, 0.1) is 12.8 Å². The molecule has 2 aromatic carbocycles. The first-order chi connectivity index (χ1) is 12.8. The van der Waals surface area contributed by atoms with E-state index in [1.54, 1.807) is 7.11 Å². The summed E-state index contributed by atoms with van der Waals surface area (Å²) in [6.07, 6.45) is 6.75. The Morgan fingerprint density at radius 1 is 0.808 bits per heavy atom. The second-order valence-corrected chi connectivity index (χ2v) is 7.13. The summed E-state index contributed by atoms with van der Waals surface area (Å²) in [5.41, 5.74) is 5.02. The number of methoxy groups -OCH3 is 1. The van der Waals surface area contributed by atoms with Gasteiger partial charge in [-0.1, -0.05) is 36.4 Å². The van der Waals surface area contributed by atoms with E-state index >= 15 is 0 Å². The lowest BCUT2D eigenvalue weighted by Gasteiger charge is -2.30. The van der Waals surface area contributed by atoms with Gasteiger partial charge in [0.25, 0.3) is 0 Å². The van der Waals surface area contributed by atoms with E-state index in [9.17, 15) is 0 Å². The molecule has 0 saturated heterocycles. The molecule has 0 amide bonds. The Bertz CT molecular complexity index is 837. The number of rotatable bonds is 4. The standard InChI is InChI=1S/C24H25NO/c1-26-24-15-14-21(23-9-5-6-16-25-23)17-22(24)20-12-10-19(11-13-20)18-7-3-2-4-8-18/h2-9,14-17,19-20H,10-13H2,1H3. The van der Waals surface area contributed by atoms with E-state index in [0.29, 0.717) is 11.8 Å². The maximum Gasteiger partial charge on any atom is 0.122 e. The maximum absolute atomic E-state index is 5.68. The van der Waals surface area contributed by atoms with Gasteiger partial charge in [0.15, 0.2) is 0 Å². The topological polar surface area (TPSA) is 22.1 Å². The lowest BCUT2D eigenvalue weighted by atomic mass is 9.75. The second-order valence-electron chi connectivity index (χ2n) is 7.13. The predicted molar refractivity (Wildman–Crippen MR) is 107 cm³/mol. The number of hydrogen-bond acceptors (Lipinski definition) is 2. The molecule has 0 aliphatic heterocycles. The highest BCUT2D eigenvalue weighted by Gasteiger charge is 2.25. The average molecular weight is 343 g/mol. The summed E-state index contributed by atoms with van der Waals surface area (Å²) in [6, 6.07) is 23.5. The van der Waals surface area contributed by atoms with Crippen molar-refractivity contribution in [3.8, 4) is 17.0 Å². The van der Waals surface area contributed by atoms with Crippen molar-refractivity contribution in [3.63, 3.8) is 0 Å². The zero-order valence-corrected chi connectivity index (χ0v) is 15.3. The third-order valence-electron chi connectivity index (χ3n) is 5.63. The molecular formula is C24H25NO. The normalized spacial score (nSPS) is 19.9. The maximum atomic E-state index is 5.68. The van der Waals surface area contributed by atoms with E-state index in [4.69, 9.17) is 4.74 Å². The monoisotopic (exact) mass is 343 g/mol. The van der Waals surface area contributed by atoms with Gasteiger partial charge in [0.2, 0.25) is 0 Å². The van der Waals surface area contributed by atoms with E-state index < -0.39 is 0 Å². The van der Waals surface area contributed by atoms with Crippen LogP contribution in [0.1, 0.15) is 48.6 Å². The van der Waals surface area contributed by atoms with E-state index in [2.05, 4.69) is 59.6 Å². The largest absolute Gasteiger partial charge is 0.496 e. The van der Waals surface area contributed by atoms with Gasteiger partial charge in [0, 0.05) is 11.8 Å². The molecule has 1 aliphatic rings. The van der Waals surface area contributed by atoms with Gasteiger partial charge in [-0.25, -0.2) is 0 Å². The first kappa shape index (κ1) is 16.8. The first-order valence-corrected chi connectivity index (χ1v) is 9.49. The fourth-order valence-corrected chi connectivity index (χ4v) is 4.21. The number of pyridine rings is 1. The van der Waals surface area contributed by atoms with Gasteiger partial charge in [0.1, 0.15) is 5.75 Å². The molecule has 0 atom stereocenters. The summed E-state index contributed by atoms with van der Waals surface area (Å²) in [5, 5.41) is 0. The fourth-order valence-electron chi connectivity index (χ4n) is 4.21. The summed E-state index contributed by atoms with van der Waals surface area (Å²) in [7, 11) is 1.77. The van der Waals surface area contributed by atoms with Crippen molar-refractivity contribution in [1.82, 2.24) is 4.98 Å². The Hall–Kier alpha value is -2.61. The molecule has 1 aliphatic carbocycles. The quantitative estimate of drug-likeness (QED) is 0.563. The van der Waals surface area contributed by atoms with Crippen molar-refractivity contribution < 1.29 is 4.74 Å². The van der Waals surface area contributed by atoms with Gasteiger partial charge >= 0.3 is 0 Å². The number of benzene rings is 2. The van der Waals surface area contributed by atoms with E-state index in [-0.39, 0.29) is 0 Å². The lowest BCUT2D eigenvalue weighted by molar-refractivity contribution is 0.369. The summed E-state index contributed by atoms with van der Waals surface area (Å²) >= 11 is 0. The van der Waals surface area contributed by atoms with Gasteiger partial charge in [-0.05, 0) is 79.0 Å². The highest BCUT2D eigenvalue weighted by atomic mass is 16.5. The van der Waals surface area contributed by atoms with Crippen LogP contribution in [0.5, 0.6) is 5.75 Å². The van der Waals surface area contributed by atoms with Crippen molar-refractivity contribution in [2.75, 3.05) is 7.11 Å².